The zero-order valence-electron chi connectivity index (χ0n) is 33.9. The summed E-state index contributed by atoms with van der Waals surface area (Å²) in [5.41, 5.74) is 4.79. The van der Waals surface area contributed by atoms with Gasteiger partial charge in [-0.2, -0.15) is 0 Å². The van der Waals surface area contributed by atoms with Gasteiger partial charge in [0.15, 0.2) is 0 Å². The first-order valence-electron chi connectivity index (χ1n) is 20.0. The lowest BCUT2D eigenvalue weighted by molar-refractivity contribution is 0.669. The van der Waals surface area contributed by atoms with Gasteiger partial charge in [-0.15, -0.1) is 0 Å². The first kappa shape index (κ1) is 18.7. The fourth-order valence-corrected chi connectivity index (χ4v) is 7.11. The molecule has 0 spiro atoms. The van der Waals surface area contributed by atoms with Crippen LogP contribution in [0, 0.1) is 0 Å². The molecule has 0 amide bonds. The Morgan fingerprint density at radius 3 is 1.70 bits per heavy atom. The molecule has 1 aromatic heterocycles. The van der Waals surface area contributed by atoms with E-state index >= 15 is 0 Å². The normalized spacial score (nSPS) is 14.5. The van der Waals surface area contributed by atoms with Crippen LogP contribution in [0.4, 0.5) is 0 Å². The SMILES string of the molecule is [2H]c1c([2H])c(-c2c3ccccc3c(-c3ccc(-c4cccc5ccccc45)cc3)c3ccccc23)c2c(oc3c([2H])c4c([2H])c([2H])c([2H])c([2H])c4c([2H])c32)c1[2H]. The number of fused-ring (bicyclic) bond motifs is 7. The van der Waals surface area contributed by atoms with Crippen LogP contribution in [0.3, 0.4) is 0 Å². The van der Waals surface area contributed by atoms with Gasteiger partial charge in [-0.05, 0) is 94.6 Å². The Kier molecular flexibility index (Phi) is 4.05. The minimum atomic E-state index is -0.532. The summed E-state index contributed by atoms with van der Waals surface area (Å²) in [5, 5.41) is 5.56. The average molecular weight is 606 g/mol. The summed E-state index contributed by atoms with van der Waals surface area (Å²) in [6.07, 6.45) is 0. The standard InChI is InChI=1S/C46H28O/c1-2-13-33-28-43-41(27-32(33)12-1)46-40(21-10-22-42(46)47-43)45-38-18-7-5-16-36(38)44(37-17-6-8-19-39(37)45)31-25-23-30(24-26-31)35-20-9-14-29-11-3-4-15-34(29)35/h1-28H/i1D,2D,10D,12D,13D,21D,22D,27D,28D. The summed E-state index contributed by atoms with van der Waals surface area (Å²) in [4.78, 5) is 0. The molecule has 1 heteroatoms. The van der Waals surface area contributed by atoms with Gasteiger partial charge in [0.1, 0.15) is 11.2 Å². The summed E-state index contributed by atoms with van der Waals surface area (Å²) < 4.78 is 86.0. The van der Waals surface area contributed by atoms with E-state index in [4.69, 9.17) is 14.0 Å². The van der Waals surface area contributed by atoms with Crippen LogP contribution < -0.4 is 0 Å². The molecule has 0 aliphatic rings. The van der Waals surface area contributed by atoms with E-state index in [1.807, 2.05) is 60.7 Å². The Bertz CT molecular complexity index is 3290. The van der Waals surface area contributed by atoms with E-state index in [9.17, 15) is 2.74 Å². The maximum atomic E-state index is 9.45. The van der Waals surface area contributed by atoms with Gasteiger partial charge in [-0.1, -0.05) is 152 Å². The summed E-state index contributed by atoms with van der Waals surface area (Å²) in [7, 11) is 0. The summed E-state index contributed by atoms with van der Waals surface area (Å²) in [6.45, 7) is 0. The highest BCUT2D eigenvalue weighted by molar-refractivity contribution is 6.26. The van der Waals surface area contributed by atoms with Crippen LogP contribution in [0.25, 0.3) is 98.4 Å². The third kappa shape index (κ3) is 3.97. The second-order valence-electron chi connectivity index (χ2n) is 11.7. The maximum absolute atomic E-state index is 9.45. The molecule has 0 radical (unpaired) electrons. The minimum Gasteiger partial charge on any atom is -0.456 e. The molecule has 1 heterocycles. The molecule has 9 aromatic carbocycles. The van der Waals surface area contributed by atoms with E-state index in [0.29, 0.717) is 5.56 Å². The second-order valence-corrected chi connectivity index (χ2v) is 11.7. The van der Waals surface area contributed by atoms with Crippen molar-refractivity contribution in [3.63, 3.8) is 0 Å². The van der Waals surface area contributed by atoms with Crippen molar-refractivity contribution in [2.75, 3.05) is 0 Å². The van der Waals surface area contributed by atoms with Gasteiger partial charge in [0.25, 0.3) is 0 Å². The second kappa shape index (κ2) is 10.2. The predicted molar refractivity (Wildman–Crippen MR) is 200 cm³/mol. The van der Waals surface area contributed by atoms with Crippen LogP contribution >= 0.6 is 0 Å². The van der Waals surface area contributed by atoms with Crippen LogP contribution in [0.5, 0.6) is 0 Å². The molecule has 0 saturated heterocycles. The molecule has 10 rings (SSSR count). The highest BCUT2D eigenvalue weighted by Crippen LogP contribution is 2.47. The first-order chi connectivity index (χ1) is 27.1. The summed E-state index contributed by atoms with van der Waals surface area (Å²) in [5.74, 6) is 0. The molecular formula is C46H28O. The highest BCUT2D eigenvalue weighted by Gasteiger charge is 2.20. The van der Waals surface area contributed by atoms with Crippen molar-refractivity contribution in [1.29, 1.82) is 0 Å². The van der Waals surface area contributed by atoms with Gasteiger partial charge in [0.05, 0.1) is 12.3 Å². The molecule has 0 fully saturated rings. The largest absolute Gasteiger partial charge is 0.456 e. The predicted octanol–water partition coefficient (Wildman–Crippen LogP) is 13.2. The molecule has 0 aliphatic carbocycles. The minimum absolute atomic E-state index is 0.0563. The van der Waals surface area contributed by atoms with Crippen molar-refractivity contribution in [1.82, 2.24) is 0 Å². The topological polar surface area (TPSA) is 13.1 Å². The number of rotatable bonds is 3. The van der Waals surface area contributed by atoms with E-state index in [0.717, 1.165) is 43.8 Å². The monoisotopic (exact) mass is 605 g/mol. The highest BCUT2D eigenvalue weighted by atomic mass is 16.3. The number of benzene rings is 9. The molecule has 0 aliphatic heterocycles. The molecule has 10 aromatic rings. The molecular weight excluding hydrogens is 569 g/mol. The van der Waals surface area contributed by atoms with E-state index in [1.165, 1.54) is 10.8 Å². The molecule has 0 bridgehead atoms. The van der Waals surface area contributed by atoms with Crippen molar-refractivity contribution in [2.45, 2.75) is 0 Å². The van der Waals surface area contributed by atoms with Gasteiger partial charge < -0.3 is 4.42 Å². The first-order valence-corrected chi connectivity index (χ1v) is 15.5. The lowest BCUT2D eigenvalue weighted by Crippen LogP contribution is -1.91. The van der Waals surface area contributed by atoms with E-state index in [1.54, 1.807) is 0 Å². The van der Waals surface area contributed by atoms with Gasteiger partial charge in [0, 0.05) is 10.8 Å². The van der Waals surface area contributed by atoms with Crippen LogP contribution in [0.1, 0.15) is 12.3 Å². The van der Waals surface area contributed by atoms with E-state index in [2.05, 4.69) is 54.6 Å². The average Bonchev–Trinajstić information content (AvgIpc) is 3.63. The third-order valence-corrected chi connectivity index (χ3v) is 9.15. The van der Waals surface area contributed by atoms with Crippen LogP contribution in [0.15, 0.2) is 174 Å². The summed E-state index contributed by atoms with van der Waals surface area (Å²) >= 11 is 0. The quantitative estimate of drug-likeness (QED) is 0.183. The van der Waals surface area contributed by atoms with Gasteiger partial charge in [-0.25, -0.2) is 0 Å². The molecule has 0 atom stereocenters. The van der Waals surface area contributed by atoms with E-state index in [-0.39, 0.29) is 68.5 Å². The van der Waals surface area contributed by atoms with E-state index < -0.39 is 24.2 Å². The van der Waals surface area contributed by atoms with Crippen molar-refractivity contribution >= 4 is 65.0 Å². The van der Waals surface area contributed by atoms with Crippen molar-refractivity contribution in [3.8, 4) is 33.4 Å². The van der Waals surface area contributed by atoms with Crippen LogP contribution in [-0.4, -0.2) is 0 Å². The Balaban J connectivity index is 1.31. The Morgan fingerprint density at radius 1 is 0.383 bits per heavy atom. The zero-order chi connectivity index (χ0) is 38.7. The van der Waals surface area contributed by atoms with Crippen LogP contribution in [-0.2, 0) is 0 Å². The Morgan fingerprint density at radius 2 is 0.979 bits per heavy atom. The molecule has 0 saturated carbocycles. The van der Waals surface area contributed by atoms with Gasteiger partial charge >= 0.3 is 0 Å². The van der Waals surface area contributed by atoms with Gasteiger partial charge in [-0.3, -0.25) is 0 Å². The molecule has 0 N–H and O–H groups in total. The van der Waals surface area contributed by atoms with Crippen molar-refractivity contribution in [2.24, 2.45) is 0 Å². The zero-order valence-corrected chi connectivity index (χ0v) is 24.9. The lowest BCUT2D eigenvalue weighted by atomic mass is 9.84. The number of hydrogen-bond acceptors (Lipinski definition) is 1. The number of furan rings is 1. The van der Waals surface area contributed by atoms with Crippen LogP contribution in [0.2, 0.25) is 0 Å². The fraction of sp³-hybridized carbons (Fsp3) is 0. The number of hydrogen-bond donors (Lipinski definition) is 0. The van der Waals surface area contributed by atoms with Gasteiger partial charge in [0.2, 0.25) is 0 Å². The Labute approximate surface area is 284 Å². The maximum Gasteiger partial charge on any atom is 0.136 e. The fourth-order valence-electron chi connectivity index (χ4n) is 7.11. The molecule has 0 unspecified atom stereocenters. The molecule has 218 valence electrons. The lowest BCUT2D eigenvalue weighted by Gasteiger charge is -2.18. The summed E-state index contributed by atoms with van der Waals surface area (Å²) in [6, 6.07) is 35.1. The van der Waals surface area contributed by atoms with Crippen molar-refractivity contribution in [3.05, 3.63) is 170 Å². The van der Waals surface area contributed by atoms with Crippen molar-refractivity contribution < 1.29 is 16.8 Å². The Hall–Kier alpha value is -6.18. The smallest absolute Gasteiger partial charge is 0.136 e. The molecule has 47 heavy (non-hydrogen) atoms. The molecule has 1 nitrogen and oxygen atoms in total. The third-order valence-electron chi connectivity index (χ3n) is 9.15.